The summed E-state index contributed by atoms with van der Waals surface area (Å²) >= 11 is 0. The highest BCUT2D eigenvalue weighted by Crippen LogP contribution is 2.36. The molecular formula is C26H32N2O3. The lowest BCUT2D eigenvalue weighted by atomic mass is 9.87. The van der Waals surface area contributed by atoms with E-state index in [1.54, 1.807) is 7.11 Å². The Kier molecular flexibility index (Phi) is 6.33. The Morgan fingerprint density at radius 1 is 1.19 bits per heavy atom. The van der Waals surface area contributed by atoms with E-state index in [0.717, 1.165) is 28.8 Å². The first-order valence-corrected chi connectivity index (χ1v) is 11.2. The van der Waals surface area contributed by atoms with E-state index >= 15 is 0 Å². The highest BCUT2D eigenvalue weighted by Gasteiger charge is 2.29. The quantitative estimate of drug-likeness (QED) is 0.617. The summed E-state index contributed by atoms with van der Waals surface area (Å²) in [5.41, 5.74) is 4.69. The largest absolute Gasteiger partial charge is 0.497 e. The molecule has 1 amide bonds. The number of rotatable bonds is 6. The molecule has 5 heteroatoms. The zero-order chi connectivity index (χ0) is 22.0. The number of hydrogen-bond donors (Lipinski definition) is 1. The number of aromatic amines is 1. The number of benzene rings is 2. The number of aromatic nitrogens is 1. The molecule has 1 aliphatic rings. The molecule has 0 spiro atoms. The Morgan fingerprint density at radius 3 is 2.65 bits per heavy atom. The zero-order valence-electron chi connectivity index (χ0n) is 18.9. The molecule has 3 aromatic rings. The zero-order valence-corrected chi connectivity index (χ0v) is 18.9. The van der Waals surface area contributed by atoms with Crippen LogP contribution in [-0.2, 0) is 16.0 Å². The van der Waals surface area contributed by atoms with Crippen LogP contribution < -0.4 is 4.74 Å². The molecule has 4 rings (SSSR count). The van der Waals surface area contributed by atoms with Crippen LogP contribution in [0.25, 0.3) is 10.9 Å². The average molecular weight is 421 g/mol. The van der Waals surface area contributed by atoms with Gasteiger partial charge in [-0.25, -0.2) is 0 Å². The maximum absolute atomic E-state index is 13.4. The van der Waals surface area contributed by atoms with Gasteiger partial charge >= 0.3 is 0 Å². The number of methoxy groups -OCH3 is 1. The number of nitrogens with one attached hydrogen (secondary N) is 1. The van der Waals surface area contributed by atoms with Crippen molar-refractivity contribution in [1.29, 1.82) is 0 Å². The van der Waals surface area contributed by atoms with Gasteiger partial charge in [0.1, 0.15) is 5.75 Å². The molecule has 164 valence electrons. The maximum Gasteiger partial charge on any atom is 0.223 e. The Labute approximate surface area is 184 Å². The third kappa shape index (κ3) is 4.47. The standard InChI is InChI=1S/C26H32N2O3/c1-5-19-8-7-11-22-24(14-27-26(19)22)23(20-9-6-10-21(12-20)30-4)13-25(29)28-15-17(2)31-18(3)16-28/h6-12,14,17-18,23,27H,5,13,15-16H2,1-4H3. The van der Waals surface area contributed by atoms with Crippen molar-refractivity contribution in [2.75, 3.05) is 20.2 Å². The molecule has 1 aliphatic heterocycles. The fourth-order valence-corrected chi connectivity index (χ4v) is 4.77. The normalized spacial score (nSPS) is 20.1. The van der Waals surface area contributed by atoms with E-state index in [4.69, 9.17) is 9.47 Å². The fourth-order valence-electron chi connectivity index (χ4n) is 4.77. The lowest BCUT2D eigenvalue weighted by Gasteiger charge is -2.36. The third-order valence-electron chi connectivity index (χ3n) is 6.24. The molecule has 2 heterocycles. The van der Waals surface area contributed by atoms with Crippen molar-refractivity contribution in [3.05, 3.63) is 65.4 Å². The molecule has 0 saturated carbocycles. The Hall–Kier alpha value is -2.79. The number of fused-ring (bicyclic) bond motifs is 1. The van der Waals surface area contributed by atoms with Crippen LogP contribution in [0.4, 0.5) is 0 Å². The predicted molar refractivity (Wildman–Crippen MR) is 124 cm³/mol. The Morgan fingerprint density at radius 2 is 1.94 bits per heavy atom. The summed E-state index contributed by atoms with van der Waals surface area (Å²) < 4.78 is 11.3. The molecule has 2 aromatic carbocycles. The molecule has 1 aromatic heterocycles. The van der Waals surface area contributed by atoms with Crippen LogP contribution in [-0.4, -0.2) is 48.2 Å². The van der Waals surface area contributed by atoms with Gasteiger partial charge in [-0.2, -0.15) is 0 Å². The third-order valence-corrected chi connectivity index (χ3v) is 6.24. The summed E-state index contributed by atoms with van der Waals surface area (Å²) in [7, 11) is 1.68. The Balaban J connectivity index is 1.73. The first-order valence-electron chi connectivity index (χ1n) is 11.2. The topological polar surface area (TPSA) is 54.6 Å². The molecule has 3 unspecified atom stereocenters. The van der Waals surface area contributed by atoms with Gasteiger partial charge in [-0.15, -0.1) is 0 Å². The molecule has 5 nitrogen and oxygen atoms in total. The van der Waals surface area contributed by atoms with Crippen molar-refractivity contribution in [3.63, 3.8) is 0 Å². The summed E-state index contributed by atoms with van der Waals surface area (Å²) in [5, 5.41) is 1.18. The minimum Gasteiger partial charge on any atom is -0.497 e. The molecule has 0 aliphatic carbocycles. The van der Waals surface area contributed by atoms with Gasteiger partial charge in [0.15, 0.2) is 0 Å². The number of morpholine rings is 1. The smallest absolute Gasteiger partial charge is 0.223 e. The van der Waals surface area contributed by atoms with Crippen LogP contribution in [0.5, 0.6) is 5.75 Å². The average Bonchev–Trinajstić information content (AvgIpc) is 3.20. The predicted octanol–water partition coefficient (Wildman–Crippen LogP) is 4.90. The van der Waals surface area contributed by atoms with E-state index in [9.17, 15) is 4.79 Å². The van der Waals surface area contributed by atoms with Crippen molar-refractivity contribution in [2.45, 2.75) is 51.7 Å². The highest BCUT2D eigenvalue weighted by atomic mass is 16.5. The van der Waals surface area contributed by atoms with E-state index in [0.29, 0.717) is 19.5 Å². The van der Waals surface area contributed by atoms with E-state index in [-0.39, 0.29) is 24.0 Å². The summed E-state index contributed by atoms with van der Waals surface area (Å²) in [6.07, 6.45) is 3.57. The van der Waals surface area contributed by atoms with E-state index in [1.165, 1.54) is 10.9 Å². The van der Waals surface area contributed by atoms with Gasteiger partial charge in [0.25, 0.3) is 0 Å². The number of para-hydroxylation sites is 1. The molecule has 31 heavy (non-hydrogen) atoms. The first kappa shape index (κ1) is 21.4. The van der Waals surface area contributed by atoms with Gasteiger partial charge in [0.2, 0.25) is 5.91 Å². The van der Waals surface area contributed by atoms with Crippen molar-refractivity contribution in [2.24, 2.45) is 0 Å². The lowest BCUT2D eigenvalue weighted by molar-refractivity contribution is -0.143. The SMILES string of the molecule is CCc1cccc2c(C(CC(=O)N3CC(C)OC(C)C3)c3cccc(OC)c3)c[nH]c12. The number of ether oxygens (including phenoxy) is 2. The molecule has 1 fully saturated rings. The highest BCUT2D eigenvalue weighted by molar-refractivity contribution is 5.88. The van der Waals surface area contributed by atoms with Crippen LogP contribution in [0.15, 0.2) is 48.7 Å². The molecule has 0 bridgehead atoms. The minimum absolute atomic E-state index is 0.0584. The van der Waals surface area contributed by atoms with Crippen LogP contribution >= 0.6 is 0 Å². The number of carbonyl (C=O) groups excluding carboxylic acids is 1. The molecule has 3 atom stereocenters. The second-order valence-corrected chi connectivity index (χ2v) is 8.53. The number of hydrogen-bond acceptors (Lipinski definition) is 3. The maximum atomic E-state index is 13.4. The summed E-state index contributed by atoms with van der Waals surface area (Å²) in [5.74, 6) is 0.908. The van der Waals surface area contributed by atoms with Crippen LogP contribution in [0.1, 0.15) is 49.8 Å². The molecule has 1 saturated heterocycles. The minimum atomic E-state index is -0.0584. The summed E-state index contributed by atoms with van der Waals surface area (Å²) in [6, 6.07) is 14.5. The van der Waals surface area contributed by atoms with E-state index in [2.05, 4.69) is 42.4 Å². The molecular weight excluding hydrogens is 388 g/mol. The summed E-state index contributed by atoms with van der Waals surface area (Å²) in [6.45, 7) is 7.51. The second-order valence-electron chi connectivity index (χ2n) is 8.53. The van der Waals surface area contributed by atoms with Crippen molar-refractivity contribution >= 4 is 16.8 Å². The fraction of sp³-hybridized carbons (Fsp3) is 0.423. The van der Waals surface area contributed by atoms with Crippen molar-refractivity contribution in [3.8, 4) is 5.75 Å². The number of amides is 1. The van der Waals surface area contributed by atoms with Crippen molar-refractivity contribution in [1.82, 2.24) is 9.88 Å². The van der Waals surface area contributed by atoms with Gasteiger partial charge in [0.05, 0.1) is 19.3 Å². The van der Waals surface area contributed by atoms with Gasteiger partial charge in [-0.05, 0) is 49.1 Å². The number of carbonyl (C=O) groups is 1. The van der Waals surface area contributed by atoms with Gasteiger partial charge in [0, 0.05) is 42.5 Å². The lowest BCUT2D eigenvalue weighted by Crippen LogP contribution is -2.48. The first-order chi connectivity index (χ1) is 15.0. The molecule has 1 N–H and O–H groups in total. The second kappa shape index (κ2) is 9.15. The van der Waals surface area contributed by atoms with Gasteiger partial charge in [-0.1, -0.05) is 37.3 Å². The van der Waals surface area contributed by atoms with Gasteiger partial charge in [-0.3, -0.25) is 4.79 Å². The van der Waals surface area contributed by atoms with Crippen molar-refractivity contribution < 1.29 is 14.3 Å². The van der Waals surface area contributed by atoms with Crippen LogP contribution in [0.2, 0.25) is 0 Å². The number of nitrogens with zero attached hydrogens (tertiary/aromatic N) is 1. The van der Waals surface area contributed by atoms with Gasteiger partial charge < -0.3 is 19.4 Å². The molecule has 0 radical (unpaired) electrons. The van der Waals surface area contributed by atoms with E-state index in [1.807, 2.05) is 36.9 Å². The number of aryl methyl sites for hydroxylation is 1. The van der Waals surface area contributed by atoms with Crippen LogP contribution in [0, 0.1) is 0 Å². The summed E-state index contributed by atoms with van der Waals surface area (Å²) in [4.78, 5) is 18.8. The number of H-pyrrole nitrogens is 1. The monoisotopic (exact) mass is 420 g/mol. The van der Waals surface area contributed by atoms with E-state index < -0.39 is 0 Å². The van der Waals surface area contributed by atoms with Crippen LogP contribution in [0.3, 0.4) is 0 Å². The Bertz CT molecular complexity index is 1050.